The Bertz CT molecular complexity index is 3840. The summed E-state index contributed by atoms with van der Waals surface area (Å²) in [5.41, 5.74) is 20.0. The van der Waals surface area contributed by atoms with Crippen molar-refractivity contribution in [1.29, 1.82) is 0 Å². The summed E-state index contributed by atoms with van der Waals surface area (Å²) in [6, 6.07) is 92.3. The van der Waals surface area contributed by atoms with Gasteiger partial charge in [-0.3, -0.25) is 0 Å². The zero-order valence-electron chi connectivity index (χ0n) is 37.4. The van der Waals surface area contributed by atoms with Gasteiger partial charge in [-0.2, -0.15) is 0 Å². The highest BCUT2D eigenvalue weighted by Crippen LogP contribution is 2.65. The Morgan fingerprint density at radius 2 is 0.841 bits per heavy atom. The summed E-state index contributed by atoms with van der Waals surface area (Å²) in [6.45, 7) is 0. The van der Waals surface area contributed by atoms with Crippen LogP contribution in [0.4, 0.5) is 17.1 Å². The Morgan fingerprint density at radius 1 is 0.319 bits per heavy atom. The van der Waals surface area contributed by atoms with Crippen molar-refractivity contribution in [1.82, 2.24) is 0 Å². The van der Waals surface area contributed by atoms with E-state index in [1.807, 2.05) is 11.8 Å². The topological polar surface area (TPSA) is 12.5 Å². The van der Waals surface area contributed by atoms with Crippen LogP contribution in [0.25, 0.3) is 44.2 Å². The molecular formula is C66H41NOS. The van der Waals surface area contributed by atoms with Gasteiger partial charge in [-0.15, -0.1) is 0 Å². The Balaban J connectivity index is 0.979. The standard InChI is InChI=1S/C66H41NOS/c1-2-17-42(18-3-1)43-33-36-46(37-34-43)67(59-28-16-27-57-64(59)49-20-5-7-22-52(49)65(57)53-23-8-12-29-60(53)68-61-30-13-9-24-54(61)65)47-38-35-44-41-58-50(40-45(44)39-47)48-19-4-6-21-51(48)66(58)55-25-10-14-31-62(55)69-63-32-15-11-26-56(63)66/h1-41H. The zero-order valence-corrected chi connectivity index (χ0v) is 38.3. The van der Waals surface area contributed by atoms with E-state index >= 15 is 0 Å². The molecular weight excluding hydrogens is 855 g/mol. The van der Waals surface area contributed by atoms with Crippen molar-refractivity contribution in [3.8, 4) is 44.9 Å². The predicted molar refractivity (Wildman–Crippen MR) is 283 cm³/mol. The molecule has 15 rings (SSSR count). The van der Waals surface area contributed by atoms with Gasteiger partial charge in [0, 0.05) is 37.9 Å². The quantitative estimate of drug-likeness (QED) is 0.175. The fourth-order valence-corrected chi connectivity index (χ4v) is 13.8. The van der Waals surface area contributed by atoms with E-state index in [1.54, 1.807) is 0 Å². The lowest BCUT2D eigenvalue weighted by Gasteiger charge is -2.39. The van der Waals surface area contributed by atoms with E-state index in [4.69, 9.17) is 4.74 Å². The molecule has 2 spiro atoms. The van der Waals surface area contributed by atoms with Gasteiger partial charge in [0.2, 0.25) is 0 Å². The normalized spacial score (nSPS) is 14.4. The lowest BCUT2D eigenvalue weighted by molar-refractivity contribution is 0.436. The fraction of sp³-hybridized carbons (Fsp3) is 0.0303. The summed E-state index contributed by atoms with van der Waals surface area (Å²) in [5, 5.41) is 2.42. The van der Waals surface area contributed by atoms with E-state index in [-0.39, 0.29) is 0 Å². The van der Waals surface area contributed by atoms with E-state index in [2.05, 4.69) is 254 Å². The number of nitrogens with zero attached hydrogens (tertiary/aromatic N) is 1. The van der Waals surface area contributed by atoms with E-state index in [9.17, 15) is 0 Å². The highest BCUT2D eigenvalue weighted by molar-refractivity contribution is 7.99. The van der Waals surface area contributed by atoms with Crippen LogP contribution in [-0.4, -0.2) is 0 Å². The average Bonchev–Trinajstić information content (AvgIpc) is 3.86. The van der Waals surface area contributed by atoms with Crippen LogP contribution in [-0.2, 0) is 10.8 Å². The average molecular weight is 896 g/mol. The van der Waals surface area contributed by atoms with Crippen molar-refractivity contribution in [2.24, 2.45) is 0 Å². The molecule has 2 aliphatic carbocycles. The van der Waals surface area contributed by atoms with Gasteiger partial charge < -0.3 is 9.64 Å². The molecule has 11 aromatic rings. The molecule has 0 radical (unpaired) electrons. The van der Waals surface area contributed by atoms with E-state index < -0.39 is 10.8 Å². The maximum atomic E-state index is 6.71. The first-order valence-electron chi connectivity index (χ1n) is 23.8. The lowest BCUT2D eigenvalue weighted by atomic mass is 9.66. The highest BCUT2D eigenvalue weighted by Gasteiger charge is 2.53. The summed E-state index contributed by atoms with van der Waals surface area (Å²) in [5.74, 6) is 1.78. The number of hydrogen-bond acceptors (Lipinski definition) is 3. The van der Waals surface area contributed by atoms with Crippen LogP contribution in [0, 0.1) is 0 Å². The monoisotopic (exact) mass is 895 g/mol. The minimum Gasteiger partial charge on any atom is -0.457 e. The molecule has 3 heteroatoms. The van der Waals surface area contributed by atoms with Crippen LogP contribution in [0.5, 0.6) is 11.5 Å². The summed E-state index contributed by atoms with van der Waals surface area (Å²) in [6.07, 6.45) is 0. The van der Waals surface area contributed by atoms with Crippen LogP contribution in [0.1, 0.15) is 44.5 Å². The lowest BCUT2D eigenvalue weighted by Crippen LogP contribution is -2.32. The maximum Gasteiger partial charge on any atom is 0.132 e. The Kier molecular flexibility index (Phi) is 8.17. The number of benzene rings is 11. The molecule has 2 heterocycles. The van der Waals surface area contributed by atoms with Crippen molar-refractivity contribution >= 4 is 39.6 Å². The third-order valence-electron chi connectivity index (χ3n) is 15.4. The summed E-state index contributed by atoms with van der Waals surface area (Å²) in [7, 11) is 0. The van der Waals surface area contributed by atoms with Gasteiger partial charge in [-0.05, 0) is 139 Å². The van der Waals surface area contributed by atoms with Gasteiger partial charge >= 0.3 is 0 Å². The molecule has 322 valence electrons. The molecule has 0 aromatic heterocycles. The highest BCUT2D eigenvalue weighted by atomic mass is 32.2. The minimum absolute atomic E-state index is 0.431. The number of anilines is 3. The molecule has 0 saturated heterocycles. The van der Waals surface area contributed by atoms with Crippen molar-refractivity contribution in [2.45, 2.75) is 20.6 Å². The molecule has 0 bridgehead atoms. The second-order valence-corrected chi connectivity index (χ2v) is 19.7. The van der Waals surface area contributed by atoms with Gasteiger partial charge in [0.25, 0.3) is 0 Å². The molecule has 0 amide bonds. The number of ether oxygens (including phenoxy) is 1. The van der Waals surface area contributed by atoms with Crippen molar-refractivity contribution in [3.05, 3.63) is 293 Å². The molecule has 69 heavy (non-hydrogen) atoms. The van der Waals surface area contributed by atoms with Crippen LogP contribution in [0.3, 0.4) is 0 Å². The molecule has 11 aromatic carbocycles. The predicted octanol–water partition coefficient (Wildman–Crippen LogP) is 17.3. The first-order chi connectivity index (χ1) is 34.2. The second-order valence-electron chi connectivity index (χ2n) is 18.7. The number of para-hydroxylation sites is 2. The van der Waals surface area contributed by atoms with Gasteiger partial charge in [0.1, 0.15) is 11.5 Å². The molecule has 0 saturated carbocycles. The van der Waals surface area contributed by atoms with E-state index in [0.29, 0.717) is 0 Å². The molecule has 0 atom stereocenters. The first-order valence-corrected chi connectivity index (χ1v) is 24.6. The van der Waals surface area contributed by atoms with Gasteiger partial charge in [-0.1, -0.05) is 194 Å². The van der Waals surface area contributed by atoms with Gasteiger partial charge in [0.05, 0.1) is 16.5 Å². The SMILES string of the molecule is c1ccc(-c2ccc(N(c3ccc4cc5c(cc4c3)-c3ccccc3C53c4ccccc4Sc4ccccc43)c3cccc4c3-c3ccccc3C43c4ccccc4Oc4ccccc43)cc2)cc1. The molecule has 2 aliphatic heterocycles. The third kappa shape index (κ3) is 5.23. The van der Waals surface area contributed by atoms with Crippen LogP contribution < -0.4 is 9.64 Å². The molecule has 2 nitrogen and oxygen atoms in total. The van der Waals surface area contributed by atoms with E-state index in [0.717, 1.165) is 39.7 Å². The maximum absolute atomic E-state index is 6.71. The number of rotatable bonds is 4. The third-order valence-corrected chi connectivity index (χ3v) is 16.5. The van der Waals surface area contributed by atoms with Crippen molar-refractivity contribution < 1.29 is 4.74 Å². The van der Waals surface area contributed by atoms with E-state index in [1.165, 1.54) is 87.3 Å². The second kappa shape index (κ2) is 14.6. The Hall–Kier alpha value is -8.37. The molecule has 4 aliphatic rings. The summed E-state index contributed by atoms with van der Waals surface area (Å²) in [4.78, 5) is 5.12. The smallest absolute Gasteiger partial charge is 0.132 e. The van der Waals surface area contributed by atoms with Crippen LogP contribution in [0.15, 0.2) is 259 Å². The largest absolute Gasteiger partial charge is 0.457 e. The summed E-state index contributed by atoms with van der Waals surface area (Å²) < 4.78 is 6.71. The minimum atomic E-state index is -0.585. The fourth-order valence-electron chi connectivity index (χ4n) is 12.7. The van der Waals surface area contributed by atoms with Gasteiger partial charge in [-0.25, -0.2) is 0 Å². The zero-order chi connectivity index (χ0) is 45.3. The van der Waals surface area contributed by atoms with Crippen molar-refractivity contribution in [3.63, 3.8) is 0 Å². The molecule has 0 N–H and O–H groups in total. The Morgan fingerprint density at radius 3 is 1.54 bits per heavy atom. The van der Waals surface area contributed by atoms with Crippen LogP contribution in [0.2, 0.25) is 0 Å². The first kappa shape index (κ1) is 38.7. The summed E-state index contributed by atoms with van der Waals surface area (Å²) >= 11 is 1.89. The van der Waals surface area contributed by atoms with Crippen molar-refractivity contribution in [2.75, 3.05) is 4.90 Å². The Labute approximate surface area is 405 Å². The molecule has 0 fully saturated rings. The number of fused-ring (bicyclic) bond motifs is 19. The van der Waals surface area contributed by atoms with Crippen LogP contribution >= 0.6 is 11.8 Å². The molecule has 0 unspecified atom stereocenters. The number of hydrogen-bond donors (Lipinski definition) is 0. The van der Waals surface area contributed by atoms with Gasteiger partial charge in [0.15, 0.2) is 0 Å².